The van der Waals surface area contributed by atoms with Crippen LogP contribution in [0.4, 0.5) is 0 Å². The van der Waals surface area contributed by atoms with E-state index in [1.807, 2.05) is 50.2 Å². The fourth-order valence-electron chi connectivity index (χ4n) is 3.11. The Morgan fingerprint density at radius 3 is 2.33 bits per heavy atom. The van der Waals surface area contributed by atoms with Crippen LogP contribution in [0.5, 0.6) is 0 Å². The average Bonchev–Trinajstić information content (AvgIpc) is 2.68. The maximum Gasteiger partial charge on any atom is 0.114 e. The summed E-state index contributed by atoms with van der Waals surface area (Å²) in [6.45, 7) is 8.18. The highest BCUT2D eigenvalue weighted by Gasteiger charge is 2.17. The van der Waals surface area contributed by atoms with Gasteiger partial charge >= 0.3 is 0 Å². The van der Waals surface area contributed by atoms with Crippen LogP contribution in [0.25, 0.3) is 28.1 Å². The molecule has 3 nitrogen and oxygen atoms in total. The number of allylic oxidation sites excluding steroid dienone is 1. The van der Waals surface area contributed by atoms with Crippen molar-refractivity contribution in [2.24, 2.45) is 5.73 Å². The Balaban J connectivity index is 2.23. The Hall–Kier alpha value is -2.46. The molecule has 3 rings (SSSR count). The first-order valence-corrected chi connectivity index (χ1v) is 10.5. The zero-order valence-electron chi connectivity index (χ0n) is 16.7. The lowest BCUT2D eigenvalue weighted by Gasteiger charge is -2.16. The van der Waals surface area contributed by atoms with Gasteiger partial charge in [-0.2, -0.15) is 0 Å². The van der Waals surface area contributed by atoms with E-state index in [2.05, 4.69) is 6.58 Å². The lowest BCUT2D eigenvalue weighted by molar-refractivity contribution is 0.244. The molecule has 0 unspecified atom stereocenters. The van der Waals surface area contributed by atoms with Crippen molar-refractivity contribution in [3.05, 3.63) is 93.3 Å². The van der Waals surface area contributed by atoms with Crippen molar-refractivity contribution in [1.29, 1.82) is 0 Å². The van der Waals surface area contributed by atoms with Gasteiger partial charge in [0.15, 0.2) is 0 Å². The SMILES string of the molecule is C=C(/C=C(\N)c1cc(-c2ccc(Cl)cc2)c(-c2ccc(Cl)cc2Cl)nc1C)OCC. The van der Waals surface area contributed by atoms with Crippen molar-refractivity contribution < 1.29 is 4.74 Å². The first-order chi connectivity index (χ1) is 14.3. The van der Waals surface area contributed by atoms with Gasteiger partial charge in [0.25, 0.3) is 0 Å². The molecule has 0 radical (unpaired) electrons. The van der Waals surface area contributed by atoms with Crippen LogP contribution >= 0.6 is 34.8 Å². The molecule has 0 spiro atoms. The van der Waals surface area contributed by atoms with Gasteiger partial charge in [0.05, 0.1) is 17.3 Å². The number of nitrogens with two attached hydrogens (primary N) is 1. The molecule has 0 saturated carbocycles. The van der Waals surface area contributed by atoms with Gasteiger partial charge in [0, 0.05) is 44.2 Å². The van der Waals surface area contributed by atoms with Crippen molar-refractivity contribution in [1.82, 2.24) is 4.98 Å². The summed E-state index contributed by atoms with van der Waals surface area (Å²) in [5.74, 6) is 0.493. The Bertz CT molecular complexity index is 1120. The molecule has 154 valence electrons. The second-order valence-electron chi connectivity index (χ2n) is 6.65. The number of aryl methyl sites for hydroxylation is 1. The van der Waals surface area contributed by atoms with Gasteiger partial charge in [-0.15, -0.1) is 0 Å². The van der Waals surface area contributed by atoms with E-state index in [4.69, 9.17) is 50.3 Å². The molecule has 0 fully saturated rings. The fraction of sp³-hybridized carbons (Fsp3) is 0.125. The molecule has 0 aliphatic heterocycles. The van der Waals surface area contributed by atoms with Crippen LogP contribution < -0.4 is 5.73 Å². The Kier molecular flexibility index (Phi) is 7.09. The molecule has 1 aromatic heterocycles. The lowest BCUT2D eigenvalue weighted by Crippen LogP contribution is -2.04. The summed E-state index contributed by atoms with van der Waals surface area (Å²) in [7, 11) is 0. The minimum absolute atomic E-state index is 0.493. The van der Waals surface area contributed by atoms with Crippen LogP contribution in [0.2, 0.25) is 15.1 Å². The maximum absolute atomic E-state index is 6.50. The highest BCUT2D eigenvalue weighted by atomic mass is 35.5. The molecule has 0 saturated heterocycles. The molecule has 6 heteroatoms. The highest BCUT2D eigenvalue weighted by Crippen LogP contribution is 2.38. The van der Waals surface area contributed by atoms with Gasteiger partial charge in [0.1, 0.15) is 5.76 Å². The third-order valence-corrected chi connectivity index (χ3v) is 5.31. The zero-order valence-corrected chi connectivity index (χ0v) is 18.9. The number of benzene rings is 2. The van der Waals surface area contributed by atoms with Crippen LogP contribution in [0.15, 0.2) is 66.9 Å². The van der Waals surface area contributed by atoms with Gasteiger partial charge in [-0.3, -0.25) is 4.98 Å². The summed E-state index contributed by atoms with van der Waals surface area (Å²) in [5, 5.41) is 1.73. The number of nitrogens with zero attached hydrogens (tertiary/aromatic N) is 1. The molecule has 1 heterocycles. The largest absolute Gasteiger partial charge is 0.494 e. The number of hydrogen-bond donors (Lipinski definition) is 1. The molecule has 0 aliphatic carbocycles. The average molecular weight is 460 g/mol. The number of rotatable bonds is 6. The zero-order chi connectivity index (χ0) is 21.8. The number of hydrogen-bond acceptors (Lipinski definition) is 3. The van der Waals surface area contributed by atoms with E-state index in [1.54, 1.807) is 18.2 Å². The molecule has 3 aromatic rings. The molecular formula is C24H21Cl3N2O. The van der Waals surface area contributed by atoms with Crippen LogP contribution in [0.1, 0.15) is 18.2 Å². The Morgan fingerprint density at radius 1 is 1.03 bits per heavy atom. The number of aromatic nitrogens is 1. The minimum atomic E-state index is 0.493. The predicted molar refractivity (Wildman–Crippen MR) is 128 cm³/mol. The molecule has 0 bridgehead atoms. The Labute approximate surface area is 191 Å². The molecule has 2 aromatic carbocycles. The maximum atomic E-state index is 6.50. The molecule has 0 aliphatic rings. The monoisotopic (exact) mass is 458 g/mol. The van der Waals surface area contributed by atoms with Gasteiger partial charge in [-0.05, 0) is 55.8 Å². The fourth-order valence-corrected chi connectivity index (χ4v) is 3.74. The van der Waals surface area contributed by atoms with Gasteiger partial charge < -0.3 is 10.5 Å². The summed E-state index contributed by atoms with van der Waals surface area (Å²) in [6.07, 6.45) is 1.70. The van der Waals surface area contributed by atoms with E-state index in [0.717, 1.165) is 33.6 Å². The number of ether oxygens (including phenoxy) is 1. The van der Waals surface area contributed by atoms with E-state index in [-0.39, 0.29) is 0 Å². The second kappa shape index (κ2) is 9.57. The van der Waals surface area contributed by atoms with Crippen molar-refractivity contribution in [2.75, 3.05) is 6.61 Å². The van der Waals surface area contributed by atoms with Crippen LogP contribution in [0.3, 0.4) is 0 Å². The van der Waals surface area contributed by atoms with E-state index in [0.29, 0.717) is 33.1 Å². The Morgan fingerprint density at radius 2 is 1.70 bits per heavy atom. The summed E-state index contributed by atoms with van der Waals surface area (Å²) in [4.78, 5) is 4.86. The molecular weight excluding hydrogens is 439 g/mol. The normalized spacial score (nSPS) is 11.4. The summed E-state index contributed by atoms with van der Waals surface area (Å²) >= 11 is 18.7. The van der Waals surface area contributed by atoms with E-state index in [9.17, 15) is 0 Å². The van der Waals surface area contributed by atoms with E-state index >= 15 is 0 Å². The second-order valence-corrected chi connectivity index (χ2v) is 7.93. The van der Waals surface area contributed by atoms with Gasteiger partial charge in [-0.1, -0.05) is 53.5 Å². The van der Waals surface area contributed by atoms with Crippen molar-refractivity contribution in [2.45, 2.75) is 13.8 Å². The third kappa shape index (κ3) is 4.99. The third-order valence-electron chi connectivity index (χ3n) is 4.51. The molecule has 0 atom stereocenters. The molecule has 0 amide bonds. The topological polar surface area (TPSA) is 48.1 Å². The van der Waals surface area contributed by atoms with Crippen LogP contribution in [-0.4, -0.2) is 11.6 Å². The van der Waals surface area contributed by atoms with Crippen LogP contribution in [-0.2, 0) is 4.74 Å². The first-order valence-electron chi connectivity index (χ1n) is 9.32. The quantitative estimate of drug-likeness (QED) is 0.306. The van der Waals surface area contributed by atoms with E-state index < -0.39 is 0 Å². The lowest BCUT2D eigenvalue weighted by atomic mass is 9.95. The predicted octanol–water partition coefficient (Wildman–Crippen LogP) is 7.53. The summed E-state index contributed by atoms with van der Waals surface area (Å²) in [5.41, 5.74) is 11.7. The standard InChI is InChI=1S/C24H21Cl3N2O/c1-4-30-14(2)11-23(28)20-13-21(16-5-7-17(25)8-6-16)24(29-15(20)3)19-10-9-18(26)12-22(19)27/h5-13H,2,4,28H2,1,3H3/b23-11-. The smallest absolute Gasteiger partial charge is 0.114 e. The van der Waals surface area contributed by atoms with Crippen molar-refractivity contribution in [3.8, 4) is 22.4 Å². The van der Waals surface area contributed by atoms with Crippen molar-refractivity contribution in [3.63, 3.8) is 0 Å². The summed E-state index contributed by atoms with van der Waals surface area (Å²) in [6, 6.07) is 14.9. The molecule has 2 N–H and O–H groups in total. The van der Waals surface area contributed by atoms with Gasteiger partial charge in [0.2, 0.25) is 0 Å². The van der Waals surface area contributed by atoms with E-state index in [1.165, 1.54) is 0 Å². The van der Waals surface area contributed by atoms with Crippen molar-refractivity contribution >= 4 is 40.5 Å². The minimum Gasteiger partial charge on any atom is -0.494 e. The first kappa shape index (κ1) is 22.2. The number of halogens is 3. The van der Waals surface area contributed by atoms with Gasteiger partial charge in [-0.25, -0.2) is 0 Å². The van der Waals surface area contributed by atoms with Crippen LogP contribution in [0, 0.1) is 6.92 Å². The molecule has 30 heavy (non-hydrogen) atoms. The number of pyridine rings is 1. The highest BCUT2D eigenvalue weighted by molar-refractivity contribution is 6.36. The summed E-state index contributed by atoms with van der Waals surface area (Å²) < 4.78 is 5.41.